The zero-order chi connectivity index (χ0) is 15.1. The van der Waals surface area contributed by atoms with E-state index in [-0.39, 0.29) is 30.3 Å². The summed E-state index contributed by atoms with van der Waals surface area (Å²) in [7, 11) is 0. The quantitative estimate of drug-likeness (QED) is 0.812. The molecule has 0 aliphatic carbocycles. The summed E-state index contributed by atoms with van der Waals surface area (Å²) in [6.45, 7) is 3.17. The Kier molecular flexibility index (Phi) is 5.75. The predicted octanol–water partition coefficient (Wildman–Crippen LogP) is 1.83. The summed E-state index contributed by atoms with van der Waals surface area (Å²) in [5.41, 5.74) is 0.901. The molecule has 0 aromatic heterocycles. The van der Waals surface area contributed by atoms with Crippen LogP contribution in [0, 0.1) is 5.92 Å². The van der Waals surface area contributed by atoms with Crippen LogP contribution in [0.5, 0.6) is 0 Å². The van der Waals surface area contributed by atoms with Gasteiger partial charge < -0.3 is 14.8 Å². The molecule has 21 heavy (non-hydrogen) atoms. The molecule has 1 fully saturated rings. The van der Waals surface area contributed by atoms with Crippen LogP contribution < -0.4 is 5.32 Å². The normalized spacial score (nSPS) is 19.0. The number of hydrogen-bond donors (Lipinski definition) is 1. The zero-order valence-corrected chi connectivity index (χ0v) is 12.2. The summed E-state index contributed by atoms with van der Waals surface area (Å²) < 4.78 is 10.2. The molecule has 0 saturated carbocycles. The summed E-state index contributed by atoms with van der Waals surface area (Å²) in [5.74, 6) is -0.501. The Hall–Kier alpha value is -1.88. The minimum Gasteiger partial charge on any atom is -0.466 e. The Balaban J connectivity index is 2.04. The van der Waals surface area contributed by atoms with Crippen LogP contribution in [0.2, 0.25) is 0 Å². The fourth-order valence-corrected chi connectivity index (χ4v) is 2.36. The molecule has 1 saturated heterocycles. The minimum atomic E-state index is -0.363. The van der Waals surface area contributed by atoms with Crippen molar-refractivity contribution >= 4 is 11.9 Å². The fourth-order valence-electron chi connectivity index (χ4n) is 2.36. The molecule has 1 aromatic carbocycles. The van der Waals surface area contributed by atoms with Gasteiger partial charge in [-0.05, 0) is 18.9 Å². The van der Waals surface area contributed by atoms with Gasteiger partial charge in [0, 0.05) is 6.61 Å². The molecule has 5 nitrogen and oxygen atoms in total. The Labute approximate surface area is 124 Å². The second kappa shape index (κ2) is 7.78. The Morgan fingerprint density at radius 1 is 1.38 bits per heavy atom. The molecule has 0 radical (unpaired) electrons. The van der Waals surface area contributed by atoms with Crippen molar-refractivity contribution < 1.29 is 19.1 Å². The van der Waals surface area contributed by atoms with Gasteiger partial charge in [0.05, 0.1) is 31.6 Å². The highest BCUT2D eigenvalue weighted by Crippen LogP contribution is 2.20. The second-order valence-corrected chi connectivity index (χ2v) is 5.04. The number of hydrogen-bond acceptors (Lipinski definition) is 4. The van der Waals surface area contributed by atoms with E-state index in [1.165, 1.54) is 0 Å². The standard InChI is InChI=1S/C16H21NO4/c1-2-21-15(18)10-14(12-6-4-3-5-7-12)17-16(19)13-8-9-20-11-13/h3-7,13-14H,2,8-11H2,1H3,(H,17,19)/t13?,14-/m0/s1. The largest absolute Gasteiger partial charge is 0.466 e. The van der Waals surface area contributed by atoms with Crippen molar-refractivity contribution in [1.82, 2.24) is 5.32 Å². The number of nitrogens with one attached hydrogen (secondary N) is 1. The van der Waals surface area contributed by atoms with E-state index in [1.807, 2.05) is 30.3 Å². The number of benzene rings is 1. The van der Waals surface area contributed by atoms with E-state index in [2.05, 4.69) is 5.32 Å². The van der Waals surface area contributed by atoms with Gasteiger partial charge in [0.2, 0.25) is 5.91 Å². The first-order valence-corrected chi connectivity index (χ1v) is 7.29. The van der Waals surface area contributed by atoms with Crippen LogP contribution in [0.25, 0.3) is 0 Å². The second-order valence-electron chi connectivity index (χ2n) is 5.04. The lowest BCUT2D eigenvalue weighted by atomic mass is 10.0. The Bertz CT molecular complexity index is 468. The summed E-state index contributed by atoms with van der Waals surface area (Å²) in [5, 5.41) is 2.94. The van der Waals surface area contributed by atoms with Gasteiger partial charge in [0.1, 0.15) is 0 Å². The van der Waals surface area contributed by atoms with Gasteiger partial charge in [0.15, 0.2) is 0 Å². The first kappa shape index (κ1) is 15.5. The van der Waals surface area contributed by atoms with Crippen LogP contribution in [0.1, 0.15) is 31.4 Å². The highest BCUT2D eigenvalue weighted by Gasteiger charge is 2.27. The monoisotopic (exact) mass is 291 g/mol. The molecule has 114 valence electrons. The Morgan fingerprint density at radius 2 is 2.14 bits per heavy atom. The predicted molar refractivity (Wildman–Crippen MR) is 77.5 cm³/mol. The van der Waals surface area contributed by atoms with E-state index < -0.39 is 0 Å². The maximum atomic E-state index is 12.2. The van der Waals surface area contributed by atoms with E-state index >= 15 is 0 Å². The number of carbonyl (C=O) groups is 2. The van der Waals surface area contributed by atoms with Crippen molar-refractivity contribution in [2.75, 3.05) is 19.8 Å². The van der Waals surface area contributed by atoms with Crippen molar-refractivity contribution in [2.24, 2.45) is 5.92 Å². The van der Waals surface area contributed by atoms with Crippen molar-refractivity contribution in [3.63, 3.8) is 0 Å². The lowest BCUT2D eigenvalue weighted by Crippen LogP contribution is -2.35. The van der Waals surface area contributed by atoms with Gasteiger partial charge in [-0.3, -0.25) is 9.59 Å². The molecule has 1 amide bonds. The van der Waals surface area contributed by atoms with Gasteiger partial charge in [0.25, 0.3) is 0 Å². The third kappa shape index (κ3) is 4.56. The fraction of sp³-hybridized carbons (Fsp3) is 0.500. The third-order valence-electron chi connectivity index (χ3n) is 3.50. The van der Waals surface area contributed by atoms with E-state index in [1.54, 1.807) is 6.92 Å². The smallest absolute Gasteiger partial charge is 0.308 e. The van der Waals surface area contributed by atoms with Crippen molar-refractivity contribution in [3.8, 4) is 0 Å². The van der Waals surface area contributed by atoms with E-state index in [0.717, 1.165) is 12.0 Å². The van der Waals surface area contributed by atoms with Gasteiger partial charge in [-0.1, -0.05) is 30.3 Å². The van der Waals surface area contributed by atoms with Crippen LogP contribution in [0.4, 0.5) is 0 Å². The van der Waals surface area contributed by atoms with Crippen molar-refractivity contribution in [1.29, 1.82) is 0 Å². The SMILES string of the molecule is CCOC(=O)C[C@H](NC(=O)C1CCOC1)c1ccccc1. The average molecular weight is 291 g/mol. The molecule has 5 heteroatoms. The molecule has 1 heterocycles. The summed E-state index contributed by atoms with van der Waals surface area (Å²) in [6.07, 6.45) is 0.865. The van der Waals surface area contributed by atoms with E-state index in [4.69, 9.17) is 9.47 Å². The molecule has 1 aromatic rings. The molecule has 0 spiro atoms. The van der Waals surface area contributed by atoms with E-state index in [0.29, 0.717) is 19.8 Å². The molecule has 1 aliphatic heterocycles. The van der Waals surface area contributed by atoms with Crippen molar-refractivity contribution in [2.45, 2.75) is 25.8 Å². The van der Waals surface area contributed by atoms with E-state index in [9.17, 15) is 9.59 Å². The molecule has 1 unspecified atom stereocenters. The number of esters is 1. The number of amides is 1. The highest BCUT2D eigenvalue weighted by molar-refractivity contribution is 5.80. The number of ether oxygens (including phenoxy) is 2. The summed E-state index contributed by atoms with van der Waals surface area (Å²) in [4.78, 5) is 24.0. The van der Waals surface area contributed by atoms with Gasteiger partial charge in [-0.15, -0.1) is 0 Å². The van der Waals surface area contributed by atoms with Gasteiger partial charge in [-0.25, -0.2) is 0 Å². The maximum absolute atomic E-state index is 12.2. The molecule has 1 N–H and O–H groups in total. The molecule has 2 atom stereocenters. The topological polar surface area (TPSA) is 64.6 Å². The van der Waals surface area contributed by atoms with Crippen molar-refractivity contribution in [3.05, 3.63) is 35.9 Å². The van der Waals surface area contributed by atoms with Crippen LogP contribution in [0.3, 0.4) is 0 Å². The summed E-state index contributed by atoms with van der Waals surface area (Å²) in [6, 6.07) is 9.11. The molecule has 0 bridgehead atoms. The first-order chi connectivity index (χ1) is 10.2. The lowest BCUT2D eigenvalue weighted by Gasteiger charge is -2.20. The first-order valence-electron chi connectivity index (χ1n) is 7.29. The molecule has 1 aliphatic rings. The summed E-state index contributed by atoms with van der Waals surface area (Å²) >= 11 is 0. The lowest BCUT2D eigenvalue weighted by molar-refractivity contribution is -0.143. The van der Waals surface area contributed by atoms with Crippen LogP contribution in [-0.2, 0) is 19.1 Å². The van der Waals surface area contributed by atoms with Gasteiger partial charge >= 0.3 is 5.97 Å². The third-order valence-corrected chi connectivity index (χ3v) is 3.50. The number of carbonyl (C=O) groups excluding carboxylic acids is 2. The molecule has 2 rings (SSSR count). The average Bonchev–Trinajstić information content (AvgIpc) is 3.02. The minimum absolute atomic E-state index is 0.0642. The maximum Gasteiger partial charge on any atom is 0.308 e. The molecular formula is C16H21NO4. The van der Waals surface area contributed by atoms with Crippen LogP contribution >= 0.6 is 0 Å². The number of rotatable bonds is 6. The zero-order valence-electron chi connectivity index (χ0n) is 12.2. The van der Waals surface area contributed by atoms with Crippen LogP contribution in [0.15, 0.2) is 30.3 Å². The van der Waals surface area contributed by atoms with Crippen LogP contribution in [-0.4, -0.2) is 31.7 Å². The van der Waals surface area contributed by atoms with Gasteiger partial charge in [-0.2, -0.15) is 0 Å². The molecular weight excluding hydrogens is 270 g/mol. The highest BCUT2D eigenvalue weighted by atomic mass is 16.5. The Morgan fingerprint density at radius 3 is 2.76 bits per heavy atom.